The van der Waals surface area contributed by atoms with Gasteiger partial charge < -0.3 is 9.73 Å². The third-order valence-electron chi connectivity index (χ3n) is 5.54. The van der Waals surface area contributed by atoms with Gasteiger partial charge in [0.2, 0.25) is 5.91 Å². The lowest BCUT2D eigenvalue weighted by atomic mass is 10.1. The second-order valence-corrected chi connectivity index (χ2v) is 10.0. The number of unbranched alkanes of at least 4 members (excludes halogenated alkanes) is 11. The second kappa shape index (κ2) is 19.1. The fourth-order valence-electron chi connectivity index (χ4n) is 3.69. The maximum atomic E-state index is 12.3. The summed E-state index contributed by atoms with van der Waals surface area (Å²) in [7, 11) is -4.34. The van der Waals surface area contributed by atoms with Crippen LogP contribution in [-0.4, -0.2) is 33.2 Å². The van der Waals surface area contributed by atoms with E-state index in [4.69, 9.17) is 23.6 Å². The predicted octanol–water partition coefficient (Wildman–Crippen LogP) is 6.02. The number of rotatable bonds is 21. The summed E-state index contributed by atoms with van der Waals surface area (Å²) in [6, 6.07) is 1.28. The molecule has 190 valence electrons. The molecule has 0 aliphatic carbocycles. The molecular weight excluding hydrogens is 441 g/mol. The average Bonchev–Trinajstić information content (AvgIpc) is 3.27. The van der Waals surface area contributed by atoms with Crippen LogP contribution in [0, 0.1) is 0 Å². The minimum absolute atomic E-state index is 0.109. The molecule has 0 spiro atoms. The summed E-state index contributed by atoms with van der Waals surface area (Å²) in [5.41, 5.74) is 0.850. The Morgan fingerprint density at radius 2 is 1.61 bits per heavy atom. The highest BCUT2D eigenvalue weighted by molar-refractivity contribution is 7.53. The van der Waals surface area contributed by atoms with Crippen molar-refractivity contribution >= 4 is 14.1 Å². The highest BCUT2D eigenvalue weighted by atomic mass is 31.2. The van der Waals surface area contributed by atoms with E-state index in [-0.39, 0.29) is 12.5 Å². The Labute approximate surface area is 200 Å². The summed E-state index contributed by atoms with van der Waals surface area (Å²) in [6.07, 6.45) is 24.3. The first-order valence-electron chi connectivity index (χ1n) is 12.6. The van der Waals surface area contributed by atoms with Gasteiger partial charge in [-0.3, -0.25) is 4.79 Å². The molecule has 1 atom stereocenters. The highest BCUT2D eigenvalue weighted by Gasteiger charge is 2.34. The van der Waals surface area contributed by atoms with Gasteiger partial charge >= 0.3 is 8.17 Å². The summed E-state index contributed by atoms with van der Waals surface area (Å²) in [5.74, 6) is -0.109. The maximum Gasteiger partial charge on any atom is 0.567 e. The van der Waals surface area contributed by atoms with E-state index in [9.17, 15) is 4.79 Å². The van der Waals surface area contributed by atoms with Gasteiger partial charge in [0.05, 0.1) is 18.6 Å². The number of hydrogen-bond donors (Lipinski definition) is 4. The van der Waals surface area contributed by atoms with Gasteiger partial charge in [0, 0.05) is 6.42 Å². The fraction of sp³-hybridized carbons (Fsp3) is 0.720. The molecule has 0 unspecified atom stereocenters. The summed E-state index contributed by atoms with van der Waals surface area (Å²) >= 11 is 0. The smallest absolute Gasteiger partial charge is 0.472 e. The Bertz CT molecular complexity index is 615. The summed E-state index contributed by atoms with van der Waals surface area (Å²) in [5, 5.41) is 2.85. The Hall–Kier alpha value is -1.24. The molecule has 1 heterocycles. The zero-order valence-corrected chi connectivity index (χ0v) is 21.2. The first-order valence-corrected chi connectivity index (χ1v) is 14.1. The van der Waals surface area contributed by atoms with E-state index in [0.717, 1.165) is 31.2 Å². The lowest BCUT2D eigenvalue weighted by Crippen LogP contribution is -2.39. The highest BCUT2D eigenvalue weighted by Crippen LogP contribution is 2.45. The molecule has 0 bridgehead atoms. The van der Waals surface area contributed by atoms with E-state index in [1.807, 2.05) is 0 Å². The van der Waals surface area contributed by atoms with Gasteiger partial charge in [-0.2, -0.15) is 19.2 Å². The first kappa shape index (κ1) is 29.8. The van der Waals surface area contributed by atoms with Gasteiger partial charge in [0.1, 0.15) is 6.61 Å². The Morgan fingerprint density at radius 3 is 2.18 bits per heavy atom. The summed E-state index contributed by atoms with van der Waals surface area (Å²) < 4.78 is 9.73. The van der Waals surface area contributed by atoms with Crippen LogP contribution in [0.4, 0.5) is 0 Å². The van der Waals surface area contributed by atoms with Crippen LogP contribution < -0.4 is 5.32 Å². The number of nitrogens with one attached hydrogen (secondary N) is 1. The molecule has 1 aromatic heterocycles. The Morgan fingerprint density at radius 1 is 1.00 bits per heavy atom. The van der Waals surface area contributed by atoms with Gasteiger partial charge in [0.25, 0.3) is 0 Å². The topological polar surface area (TPSA) is 112 Å². The van der Waals surface area contributed by atoms with Crippen molar-refractivity contribution in [3.63, 3.8) is 0 Å². The summed E-state index contributed by atoms with van der Waals surface area (Å²) in [4.78, 5) is 39.4. The Kier molecular flexibility index (Phi) is 17.2. The normalized spacial score (nSPS) is 13.0. The molecule has 33 heavy (non-hydrogen) atoms. The molecule has 0 saturated heterocycles. The largest absolute Gasteiger partial charge is 0.567 e. The molecule has 8 heteroatoms. The van der Waals surface area contributed by atoms with Crippen molar-refractivity contribution in [1.29, 1.82) is 0 Å². The molecule has 0 saturated carbocycles. The molecule has 0 fully saturated rings. The Balaban J connectivity index is 2.06. The number of furan rings is 1. The number of amides is 1. The van der Waals surface area contributed by atoms with E-state index < -0.39 is 14.2 Å². The molecule has 0 aromatic carbocycles. The molecule has 1 amide bonds. The van der Waals surface area contributed by atoms with Crippen LogP contribution in [0.1, 0.15) is 102 Å². The van der Waals surface area contributed by atoms with Crippen LogP contribution in [0.2, 0.25) is 0 Å². The van der Waals surface area contributed by atoms with Crippen molar-refractivity contribution in [3.05, 3.63) is 36.3 Å². The lowest BCUT2D eigenvalue weighted by Gasteiger charge is -2.17. The third kappa shape index (κ3) is 18.8. The van der Waals surface area contributed by atoms with Crippen LogP contribution in [0.3, 0.4) is 0 Å². The van der Waals surface area contributed by atoms with Crippen molar-refractivity contribution in [2.75, 3.05) is 6.61 Å². The van der Waals surface area contributed by atoms with E-state index in [2.05, 4.69) is 24.4 Å². The number of carbonyl (C=O) groups excluding carboxylic acids is 1. The second-order valence-electron chi connectivity index (χ2n) is 8.74. The lowest BCUT2D eigenvalue weighted by molar-refractivity contribution is -0.122. The van der Waals surface area contributed by atoms with Crippen molar-refractivity contribution in [1.82, 2.24) is 5.32 Å². The van der Waals surface area contributed by atoms with Crippen molar-refractivity contribution in [2.24, 2.45) is 0 Å². The third-order valence-corrected chi connectivity index (χ3v) is 6.04. The first-order chi connectivity index (χ1) is 15.9. The molecule has 7 nitrogen and oxygen atoms in total. The molecule has 4 N–H and O–H groups in total. The van der Waals surface area contributed by atoms with Gasteiger partial charge in [-0.15, -0.1) is 0 Å². The SMILES string of the molecule is CCCCCCCC/C=C\CCCCCCCC(=O)N[C@H](CO[P+](O)(O)O)Cc1ccoc1. The molecule has 0 aliphatic heterocycles. The van der Waals surface area contributed by atoms with E-state index in [1.165, 1.54) is 64.1 Å². The van der Waals surface area contributed by atoms with Gasteiger partial charge in [-0.25, -0.2) is 0 Å². The average molecular weight is 487 g/mol. The van der Waals surface area contributed by atoms with Crippen LogP contribution in [0.5, 0.6) is 0 Å². The predicted molar refractivity (Wildman–Crippen MR) is 133 cm³/mol. The van der Waals surface area contributed by atoms with E-state index in [1.54, 1.807) is 12.3 Å². The number of carbonyl (C=O) groups is 1. The van der Waals surface area contributed by atoms with Crippen LogP contribution in [0.15, 0.2) is 35.2 Å². The van der Waals surface area contributed by atoms with Gasteiger partial charge in [-0.1, -0.05) is 70.4 Å². The monoisotopic (exact) mass is 486 g/mol. The summed E-state index contributed by atoms with van der Waals surface area (Å²) in [6.45, 7) is 2.05. The molecule has 1 rings (SSSR count). The standard InChI is InChI=1S/C25H44NO6P/c1-2-3-4-5-6-7-8-9-10-11-12-13-14-15-16-17-25(27)26-24(22-32-33(28,29)30)20-23-18-19-31-21-23/h9-10,18-19,21,24,28-30H,2-8,11-17,20,22H2,1H3/p+1/b10-9-/t24-/m0/s1. The minimum atomic E-state index is -4.34. The van der Waals surface area contributed by atoms with Crippen molar-refractivity contribution in [2.45, 2.75) is 109 Å². The zero-order chi connectivity index (χ0) is 24.2. The molecule has 0 radical (unpaired) electrons. The van der Waals surface area contributed by atoms with Crippen molar-refractivity contribution < 1.29 is 28.4 Å². The minimum Gasteiger partial charge on any atom is -0.472 e. The molecule has 1 aromatic rings. The van der Waals surface area contributed by atoms with Crippen LogP contribution in [0.25, 0.3) is 0 Å². The van der Waals surface area contributed by atoms with Gasteiger partial charge in [0.15, 0.2) is 0 Å². The fourth-order valence-corrected chi connectivity index (χ4v) is 4.07. The van der Waals surface area contributed by atoms with Crippen LogP contribution >= 0.6 is 8.17 Å². The van der Waals surface area contributed by atoms with Crippen molar-refractivity contribution in [3.8, 4) is 0 Å². The van der Waals surface area contributed by atoms with Gasteiger partial charge in [-0.05, 0) is 50.2 Å². The van der Waals surface area contributed by atoms with E-state index >= 15 is 0 Å². The quantitative estimate of drug-likeness (QED) is 0.0961. The number of allylic oxidation sites excluding steroid dienone is 2. The van der Waals surface area contributed by atoms with Crippen LogP contribution in [-0.2, 0) is 15.7 Å². The zero-order valence-electron chi connectivity index (χ0n) is 20.3. The number of hydrogen-bond acceptors (Lipinski definition) is 6. The molecular formula is C25H45NO6P+. The maximum absolute atomic E-state index is 12.3. The van der Waals surface area contributed by atoms with E-state index in [0.29, 0.717) is 12.8 Å². The molecule has 0 aliphatic rings.